The zero-order chi connectivity index (χ0) is 19.4. The molecule has 4 rings (SSSR count). The molecule has 0 aliphatic carbocycles. The van der Waals surface area contributed by atoms with Crippen LogP contribution in [0.15, 0.2) is 42.7 Å². The van der Waals surface area contributed by atoms with Gasteiger partial charge in [0.15, 0.2) is 0 Å². The summed E-state index contributed by atoms with van der Waals surface area (Å²) in [4.78, 5) is 13.9. The number of aromatic nitrogens is 2. The molecule has 0 amide bonds. The maximum Gasteiger partial charge on any atom is 0.225 e. The molecule has 6 nitrogen and oxygen atoms in total. The summed E-state index contributed by atoms with van der Waals surface area (Å²) >= 11 is 0. The molecule has 6 heteroatoms. The van der Waals surface area contributed by atoms with Crippen LogP contribution in [0.4, 0.5) is 5.95 Å². The summed E-state index contributed by atoms with van der Waals surface area (Å²) in [6.45, 7) is 5.04. The topological polar surface area (TPSA) is 50.7 Å². The molecule has 1 aromatic carbocycles. The molecule has 0 saturated carbocycles. The Morgan fingerprint density at radius 1 is 1.07 bits per heavy atom. The third kappa shape index (κ3) is 4.13. The van der Waals surface area contributed by atoms with E-state index in [-0.39, 0.29) is 0 Å². The van der Waals surface area contributed by atoms with Crippen LogP contribution in [-0.2, 0) is 11.3 Å². The first-order valence-electron chi connectivity index (χ1n) is 10.1. The second-order valence-corrected chi connectivity index (χ2v) is 8.11. The normalized spacial score (nSPS) is 21.9. The van der Waals surface area contributed by atoms with E-state index in [1.165, 1.54) is 18.4 Å². The van der Waals surface area contributed by atoms with Crippen molar-refractivity contribution in [1.29, 1.82) is 0 Å². The van der Waals surface area contributed by atoms with Crippen molar-refractivity contribution in [2.24, 2.45) is 5.41 Å². The number of methoxy groups -OCH3 is 2. The van der Waals surface area contributed by atoms with Crippen molar-refractivity contribution in [1.82, 2.24) is 14.9 Å². The quantitative estimate of drug-likeness (QED) is 0.766. The summed E-state index contributed by atoms with van der Waals surface area (Å²) in [5.74, 6) is 1.75. The fourth-order valence-electron chi connectivity index (χ4n) is 4.72. The first-order chi connectivity index (χ1) is 13.7. The predicted octanol–water partition coefficient (Wildman–Crippen LogP) is 2.99. The second-order valence-electron chi connectivity index (χ2n) is 8.11. The van der Waals surface area contributed by atoms with Crippen LogP contribution in [-0.4, -0.2) is 61.4 Å². The molecule has 2 aliphatic heterocycles. The summed E-state index contributed by atoms with van der Waals surface area (Å²) in [6, 6.07) is 10.7. The van der Waals surface area contributed by atoms with Crippen LogP contribution in [0, 0.1) is 5.41 Å². The molecule has 3 heterocycles. The van der Waals surface area contributed by atoms with Crippen LogP contribution in [0.25, 0.3) is 0 Å². The lowest BCUT2D eigenvalue weighted by molar-refractivity contribution is 0.106. The highest BCUT2D eigenvalue weighted by Gasteiger charge is 2.46. The minimum absolute atomic E-state index is 0.346. The van der Waals surface area contributed by atoms with E-state index in [1.807, 2.05) is 30.6 Å². The molecule has 150 valence electrons. The van der Waals surface area contributed by atoms with E-state index in [0.717, 1.165) is 50.9 Å². The van der Waals surface area contributed by atoms with Gasteiger partial charge in [-0.05, 0) is 61.5 Å². The number of rotatable bonds is 6. The summed E-state index contributed by atoms with van der Waals surface area (Å²) < 4.78 is 10.8. The van der Waals surface area contributed by atoms with E-state index < -0.39 is 0 Å². The Morgan fingerprint density at radius 2 is 1.79 bits per heavy atom. The molecule has 0 N–H and O–H groups in total. The largest absolute Gasteiger partial charge is 0.497 e. The molecular weight excluding hydrogens is 352 g/mol. The zero-order valence-electron chi connectivity index (χ0n) is 16.9. The van der Waals surface area contributed by atoms with Crippen LogP contribution in [0.1, 0.15) is 24.8 Å². The van der Waals surface area contributed by atoms with Crippen LogP contribution >= 0.6 is 0 Å². The van der Waals surface area contributed by atoms with Crippen molar-refractivity contribution in [3.05, 3.63) is 48.3 Å². The number of likely N-dealkylation sites (tertiary alicyclic amines) is 1. The third-order valence-corrected chi connectivity index (χ3v) is 6.27. The number of ether oxygens (including phenoxy) is 2. The Hall–Kier alpha value is -2.18. The Labute approximate surface area is 167 Å². The number of hydrogen-bond donors (Lipinski definition) is 0. The van der Waals surface area contributed by atoms with Crippen LogP contribution in [0.5, 0.6) is 5.75 Å². The number of anilines is 1. The molecule has 0 radical (unpaired) electrons. The van der Waals surface area contributed by atoms with Gasteiger partial charge in [-0.1, -0.05) is 12.1 Å². The number of benzene rings is 1. The summed E-state index contributed by atoms with van der Waals surface area (Å²) in [6.07, 6.45) is 7.25. The maximum absolute atomic E-state index is 5.51. The highest BCUT2D eigenvalue weighted by molar-refractivity contribution is 5.35. The second kappa shape index (κ2) is 8.45. The van der Waals surface area contributed by atoms with Gasteiger partial charge in [-0.15, -0.1) is 0 Å². The lowest BCUT2D eigenvalue weighted by Crippen LogP contribution is -2.41. The highest BCUT2D eigenvalue weighted by Crippen LogP contribution is 2.44. The van der Waals surface area contributed by atoms with E-state index in [0.29, 0.717) is 11.5 Å². The number of piperidine rings is 1. The van der Waals surface area contributed by atoms with E-state index >= 15 is 0 Å². The predicted molar refractivity (Wildman–Crippen MR) is 110 cm³/mol. The highest BCUT2D eigenvalue weighted by atomic mass is 16.5. The van der Waals surface area contributed by atoms with Crippen molar-refractivity contribution in [3.63, 3.8) is 0 Å². The van der Waals surface area contributed by atoms with Gasteiger partial charge < -0.3 is 14.4 Å². The van der Waals surface area contributed by atoms with Gasteiger partial charge in [0.05, 0.1) is 19.8 Å². The maximum atomic E-state index is 5.51. The molecule has 2 aromatic rings. The smallest absolute Gasteiger partial charge is 0.225 e. The summed E-state index contributed by atoms with van der Waals surface area (Å²) in [7, 11) is 3.49. The van der Waals surface area contributed by atoms with Crippen molar-refractivity contribution in [2.45, 2.75) is 31.8 Å². The molecule has 0 bridgehead atoms. The average molecular weight is 383 g/mol. The molecule has 2 aliphatic rings. The Bertz CT molecular complexity index is 745. The van der Waals surface area contributed by atoms with E-state index in [4.69, 9.17) is 9.47 Å². The molecule has 2 fully saturated rings. The zero-order valence-corrected chi connectivity index (χ0v) is 16.9. The van der Waals surface area contributed by atoms with Gasteiger partial charge in [0, 0.05) is 32.6 Å². The third-order valence-electron chi connectivity index (χ3n) is 6.27. The first kappa shape index (κ1) is 19.2. The number of nitrogens with zero attached hydrogens (tertiary/aromatic N) is 4. The van der Waals surface area contributed by atoms with Crippen LogP contribution in [0.3, 0.4) is 0 Å². The van der Waals surface area contributed by atoms with Crippen LogP contribution in [0.2, 0.25) is 0 Å². The van der Waals surface area contributed by atoms with Gasteiger partial charge in [0.25, 0.3) is 0 Å². The van der Waals surface area contributed by atoms with Crippen molar-refractivity contribution >= 4 is 5.95 Å². The van der Waals surface area contributed by atoms with Crippen molar-refractivity contribution < 1.29 is 9.47 Å². The standard InChI is InChI=1S/C22H30N4O2/c1-27-16-19-14-22(17-26(19)21-23-10-3-11-24-21)8-12-25(13-9-22)15-18-4-6-20(28-2)7-5-18/h3-7,10-11,19H,8-9,12-17H2,1-2H3/t19-/m0/s1. The summed E-state index contributed by atoms with van der Waals surface area (Å²) in [5, 5.41) is 0. The first-order valence-corrected chi connectivity index (χ1v) is 10.1. The van der Waals surface area contributed by atoms with E-state index in [9.17, 15) is 0 Å². The summed E-state index contributed by atoms with van der Waals surface area (Å²) in [5.41, 5.74) is 1.69. The molecule has 2 saturated heterocycles. The molecule has 1 spiro atoms. The van der Waals surface area contributed by atoms with Gasteiger partial charge >= 0.3 is 0 Å². The minimum atomic E-state index is 0.346. The van der Waals surface area contributed by atoms with Crippen LogP contribution < -0.4 is 9.64 Å². The lowest BCUT2D eigenvalue weighted by atomic mass is 9.76. The van der Waals surface area contributed by atoms with Gasteiger partial charge in [0.1, 0.15) is 5.75 Å². The van der Waals surface area contributed by atoms with E-state index in [1.54, 1.807) is 14.2 Å². The van der Waals surface area contributed by atoms with Crippen molar-refractivity contribution in [2.75, 3.05) is 45.4 Å². The monoisotopic (exact) mass is 382 g/mol. The molecule has 1 atom stereocenters. The molecule has 0 unspecified atom stereocenters. The Kier molecular flexibility index (Phi) is 5.78. The number of hydrogen-bond acceptors (Lipinski definition) is 6. The van der Waals surface area contributed by atoms with Gasteiger partial charge in [-0.3, -0.25) is 4.90 Å². The lowest BCUT2D eigenvalue weighted by Gasteiger charge is -2.39. The Morgan fingerprint density at radius 3 is 2.43 bits per heavy atom. The van der Waals surface area contributed by atoms with Gasteiger partial charge in [-0.25, -0.2) is 9.97 Å². The fourth-order valence-corrected chi connectivity index (χ4v) is 4.72. The van der Waals surface area contributed by atoms with Crippen molar-refractivity contribution in [3.8, 4) is 5.75 Å². The SMILES string of the molecule is COC[C@@H]1CC2(CCN(Cc3ccc(OC)cc3)CC2)CN1c1ncccn1. The fraction of sp³-hybridized carbons (Fsp3) is 0.545. The molecule has 1 aromatic heterocycles. The van der Waals surface area contributed by atoms with Gasteiger partial charge in [-0.2, -0.15) is 0 Å². The Balaban J connectivity index is 1.38. The molecule has 28 heavy (non-hydrogen) atoms. The van der Waals surface area contributed by atoms with Gasteiger partial charge in [0.2, 0.25) is 5.95 Å². The minimum Gasteiger partial charge on any atom is -0.497 e. The average Bonchev–Trinajstić information content (AvgIpc) is 3.09. The molecular formula is C22H30N4O2. The van der Waals surface area contributed by atoms with E-state index in [2.05, 4.69) is 31.9 Å².